The van der Waals surface area contributed by atoms with Crippen LogP contribution in [0.3, 0.4) is 0 Å². The minimum atomic E-state index is -0.505. The van der Waals surface area contributed by atoms with E-state index in [0.717, 1.165) is 32.5 Å². The minimum Gasteiger partial charge on any atom is -0.481 e. The van der Waals surface area contributed by atoms with Crippen LogP contribution < -0.4 is 10.1 Å². The monoisotopic (exact) mass is 324 g/mol. The van der Waals surface area contributed by atoms with Crippen LogP contribution in [-0.2, 0) is 4.79 Å². The van der Waals surface area contributed by atoms with Crippen molar-refractivity contribution in [3.63, 3.8) is 0 Å². The van der Waals surface area contributed by atoms with Crippen LogP contribution in [0.4, 0.5) is 0 Å². The summed E-state index contributed by atoms with van der Waals surface area (Å²) in [5, 5.41) is 3.75. The Bertz CT molecular complexity index is 470. The maximum atomic E-state index is 12.2. The lowest BCUT2D eigenvalue weighted by atomic mass is 10.0. The number of carbonyl (C=O) groups is 1. The van der Waals surface area contributed by atoms with Gasteiger partial charge in [0.05, 0.1) is 0 Å². The van der Waals surface area contributed by atoms with Gasteiger partial charge in [0, 0.05) is 24.2 Å². The predicted molar refractivity (Wildman–Crippen MR) is 89.4 cm³/mol. The van der Waals surface area contributed by atoms with Gasteiger partial charge in [-0.25, -0.2) is 0 Å². The van der Waals surface area contributed by atoms with Crippen molar-refractivity contribution < 1.29 is 9.53 Å². The first-order chi connectivity index (χ1) is 10.6. The maximum Gasteiger partial charge on any atom is 0.260 e. The summed E-state index contributed by atoms with van der Waals surface area (Å²) in [5.74, 6) is 0.605. The van der Waals surface area contributed by atoms with E-state index in [-0.39, 0.29) is 11.9 Å². The molecule has 1 aromatic carbocycles. The quantitative estimate of drug-likeness (QED) is 0.874. The molecule has 1 aliphatic rings. The summed E-state index contributed by atoms with van der Waals surface area (Å²) in [6.07, 6.45) is 2.71. The number of ether oxygens (including phenoxy) is 1. The minimum absolute atomic E-state index is 0.0520. The highest BCUT2D eigenvalue weighted by atomic mass is 35.5. The van der Waals surface area contributed by atoms with Gasteiger partial charge in [-0.05, 0) is 57.0 Å². The number of carbonyl (C=O) groups excluding carboxylic acids is 1. The molecule has 1 aromatic rings. The predicted octanol–water partition coefficient (Wildman–Crippen LogP) is 3.10. The van der Waals surface area contributed by atoms with Crippen molar-refractivity contribution in [1.82, 2.24) is 10.2 Å². The third-order valence-electron chi connectivity index (χ3n) is 3.97. The van der Waals surface area contributed by atoms with Crippen molar-refractivity contribution in [3.05, 3.63) is 29.3 Å². The molecule has 1 N–H and O–H groups in total. The van der Waals surface area contributed by atoms with Crippen LogP contribution in [0.1, 0.15) is 33.1 Å². The highest BCUT2D eigenvalue weighted by molar-refractivity contribution is 6.30. The second-order valence-corrected chi connectivity index (χ2v) is 6.27. The SMILES string of the molecule is CCCN1CCC(NC(=O)[C@H](C)Oc2ccc(Cl)cc2)CC1. The average Bonchev–Trinajstić information content (AvgIpc) is 2.51. The van der Waals surface area contributed by atoms with Crippen molar-refractivity contribution >= 4 is 17.5 Å². The molecule has 2 rings (SSSR count). The van der Waals surface area contributed by atoms with E-state index in [9.17, 15) is 4.79 Å². The van der Waals surface area contributed by atoms with Crippen LogP contribution in [0.5, 0.6) is 5.75 Å². The summed E-state index contributed by atoms with van der Waals surface area (Å²) in [5.41, 5.74) is 0. The maximum absolute atomic E-state index is 12.2. The lowest BCUT2D eigenvalue weighted by Gasteiger charge is -2.32. The van der Waals surface area contributed by atoms with Crippen molar-refractivity contribution in [2.45, 2.75) is 45.3 Å². The number of benzene rings is 1. The lowest BCUT2D eigenvalue weighted by molar-refractivity contribution is -0.128. The van der Waals surface area contributed by atoms with Gasteiger partial charge in [0.25, 0.3) is 5.91 Å². The number of nitrogens with zero attached hydrogens (tertiary/aromatic N) is 1. The third-order valence-corrected chi connectivity index (χ3v) is 4.22. The number of amides is 1. The first-order valence-electron chi connectivity index (χ1n) is 8.03. The Labute approximate surface area is 137 Å². The molecule has 1 atom stereocenters. The summed E-state index contributed by atoms with van der Waals surface area (Å²) in [6.45, 7) is 7.24. The van der Waals surface area contributed by atoms with Gasteiger partial charge in [-0.1, -0.05) is 18.5 Å². The standard InChI is InChI=1S/C17H25ClN2O2/c1-3-10-20-11-8-15(9-12-20)19-17(21)13(2)22-16-6-4-14(18)5-7-16/h4-7,13,15H,3,8-12H2,1-2H3,(H,19,21)/t13-/m0/s1. The molecule has 1 amide bonds. The first-order valence-corrected chi connectivity index (χ1v) is 8.41. The van der Waals surface area contributed by atoms with E-state index in [4.69, 9.17) is 16.3 Å². The number of piperidine rings is 1. The molecular weight excluding hydrogens is 300 g/mol. The van der Waals surface area contributed by atoms with E-state index >= 15 is 0 Å². The Morgan fingerprint density at radius 2 is 2.00 bits per heavy atom. The zero-order valence-electron chi connectivity index (χ0n) is 13.3. The van der Waals surface area contributed by atoms with Crippen LogP contribution >= 0.6 is 11.6 Å². The topological polar surface area (TPSA) is 41.6 Å². The van der Waals surface area contributed by atoms with Gasteiger partial charge in [-0.2, -0.15) is 0 Å². The highest BCUT2D eigenvalue weighted by Gasteiger charge is 2.23. The largest absolute Gasteiger partial charge is 0.481 e. The Morgan fingerprint density at radius 3 is 2.59 bits per heavy atom. The Morgan fingerprint density at radius 1 is 1.36 bits per heavy atom. The van der Waals surface area contributed by atoms with Gasteiger partial charge >= 0.3 is 0 Å². The summed E-state index contributed by atoms with van der Waals surface area (Å²) in [4.78, 5) is 14.7. The number of hydrogen-bond donors (Lipinski definition) is 1. The number of nitrogens with one attached hydrogen (secondary N) is 1. The number of hydrogen-bond acceptors (Lipinski definition) is 3. The van der Waals surface area contributed by atoms with Crippen LogP contribution in [0, 0.1) is 0 Å². The fraction of sp³-hybridized carbons (Fsp3) is 0.588. The lowest BCUT2D eigenvalue weighted by Crippen LogP contribution is -2.48. The highest BCUT2D eigenvalue weighted by Crippen LogP contribution is 2.17. The molecule has 1 heterocycles. The second kappa shape index (κ2) is 8.39. The average molecular weight is 325 g/mol. The molecule has 1 aliphatic heterocycles. The smallest absolute Gasteiger partial charge is 0.260 e. The first kappa shape index (κ1) is 17.1. The van der Waals surface area contributed by atoms with Crippen LogP contribution in [0.15, 0.2) is 24.3 Å². The molecule has 0 radical (unpaired) electrons. The van der Waals surface area contributed by atoms with Crippen molar-refractivity contribution in [2.75, 3.05) is 19.6 Å². The van der Waals surface area contributed by atoms with E-state index in [1.165, 1.54) is 6.42 Å². The molecule has 1 fully saturated rings. The van der Waals surface area contributed by atoms with Gasteiger partial charge < -0.3 is 15.0 Å². The molecule has 1 saturated heterocycles. The van der Waals surface area contributed by atoms with E-state index in [1.807, 2.05) is 0 Å². The molecule has 0 spiro atoms. The molecule has 4 nitrogen and oxygen atoms in total. The molecule has 5 heteroatoms. The normalized spacial score (nSPS) is 18.0. The van der Waals surface area contributed by atoms with E-state index < -0.39 is 6.10 Å². The second-order valence-electron chi connectivity index (χ2n) is 5.84. The Balaban J connectivity index is 1.76. The van der Waals surface area contributed by atoms with Gasteiger partial charge in [0.1, 0.15) is 5.75 Å². The van der Waals surface area contributed by atoms with E-state index in [2.05, 4.69) is 17.1 Å². The Kier molecular flexibility index (Phi) is 6.52. The van der Waals surface area contributed by atoms with E-state index in [0.29, 0.717) is 10.8 Å². The summed E-state index contributed by atoms with van der Waals surface area (Å²) in [7, 11) is 0. The molecular formula is C17H25ClN2O2. The molecule has 22 heavy (non-hydrogen) atoms. The zero-order valence-corrected chi connectivity index (χ0v) is 14.1. The number of likely N-dealkylation sites (tertiary alicyclic amines) is 1. The van der Waals surface area contributed by atoms with Crippen LogP contribution in [-0.4, -0.2) is 42.6 Å². The molecule has 0 bridgehead atoms. The van der Waals surface area contributed by atoms with Crippen LogP contribution in [0.2, 0.25) is 5.02 Å². The Hall–Kier alpha value is -1.26. The van der Waals surface area contributed by atoms with Gasteiger partial charge in [-0.3, -0.25) is 4.79 Å². The molecule has 122 valence electrons. The van der Waals surface area contributed by atoms with Crippen molar-refractivity contribution in [3.8, 4) is 5.75 Å². The van der Waals surface area contributed by atoms with Gasteiger partial charge in [0.2, 0.25) is 0 Å². The molecule has 0 aliphatic carbocycles. The van der Waals surface area contributed by atoms with Crippen molar-refractivity contribution in [2.24, 2.45) is 0 Å². The molecule has 0 aromatic heterocycles. The summed E-state index contributed by atoms with van der Waals surface area (Å²) >= 11 is 5.83. The van der Waals surface area contributed by atoms with Gasteiger partial charge in [-0.15, -0.1) is 0 Å². The van der Waals surface area contributed by atoms with Crippen LogP contribution in [0.25, 0.3) is 0 Å². The summed E-state index contributed by atoms with van der Waals surface area (Å²) in [6, 6.07) is 7.32. The third kappa shape index (κ3) is 5.18. The fourth-order valence-corrected chi connectivity index (χ4v) is 2.83. The van der Waals surface area contributed by atoms with E-state index in [1.54, 1.807) is 31.2 Å². The molecule has 0 unspecified atom stereocenters. The molecule has 0 saturated carbocycles. The number of rotatable bonds is 6. The number of halogens is 1. The van der Waals surface area contributed by atoms with Gasteiger partial charge in [0.15, 0.2) is 6.10 Å². The van der Waals surface area contributed by atoms with Crippen molar-refractivity contribution in [1.29, 1.82) is 0 Å². The fourth-order valence-electron chi connectivity index (χ4n) is 2.71. The zero-order chi connectivity index (χ0) is 15.9. The summed E-state index contributed by atoms with van der Waals surface area (Å²) < 4.78 is 5.65.